The first-order valence-corrected chi connectivity index (χ1v) is 13.8. The van der Waals surface area contributed by atoms with Crippen LogP contribution in [0.15, 0.2) is 18.2 Å². The first-order chi connectivity index (χ1) is 12.2. The minimum atomic E-state index is -1.81. The van der Waals surface area contributed by atoms with E-state index in [1.54, 1.807) is 0 Å². The third-order valence-corrected chi connectivity index (χ3v) is 9.80. The van der Waals surface area contributed by atoms with Gasteiger partial charge in [-0.1, -0.05) is 80.5 Å². The summed E-state index contributed by atoms with van der Waals surface area (Å²) >= 11 is 0. The van der Waals surface area contributed by atoms with Gasteiger partial charge < -0.3 is 8.95 Å². The maximum atomic E-state index is 2.87. The molecule has 2 rings (SSSR count). The van der Waals surface area contributed by atoms with Crippen molar-refractivity contribution in [1.29, 1.82) is 0 Å². The molecular formula is C24H45BN2Si. The zero-order chi connectivity index (χ0) is 22.1. The molecule has 1 saturated heterocycles. The summed E-state index contributed by atoms with van der Waals surface area (Å²) in [5, 5.41) is 0.177. The molecule has 0 unspecified atom stereocenters. The topological polar surface area (TPSA) is 6.48 Å². The fraction of sp³-hybridized carbons (Fsp3) is 0.750. The molecule has 1 heterocycles. The normalized spacial score (nSPS) is 19.1. The van der Waals surface area contributed by atoms with Gasteiger partial charge in [-0.3, -0.25) is 0 Å². The van der Waals surface area contributed by atoms with Crippen LogP contribution in [0.25, 0.3) is 0 Å². The zero-order valence-electron chi connectivity index (χ0n) is 21.2. The predicted octanol–water partition coefficient (Wildman–Crippen LogP) is 7.19. The third-order valence-electron chi connectivity index (χ3n) is 6.06. The Hall–Kier alpha value is -0.738. The lowest BCUT2D eigenvalue weighted by atomic mass is 9.51. The molecule has 0 amide bonds. The van der Waals surface area contributed by atoms with E-state index < -0.39 is 8.40 Å². The lowest BCUT2D eigenvalue weighted by Crippen LogP contribution is -2.90. The minimum Gasteiger partial charge on any atom is -0.417 e. The molecule has 1 fully saturated rings. The van der Waals surface area contributed by atoms with E-state index in [9.17, 15) is 0 Å². The van der Waals surface area contributed by atoms with Crippen LogP contribution in [0.3, 0.4) is 0 Å². The molecule has 0 aromatic heterocycles. The van der Waals surface area contributed by atoms with Crippen LogP contribution in [-0.4, -0.2) is 25.4 Å². The zero-order valence-corrected chi connectivity index (χ0v) is 22.2. The van der Waals surface area contributed by atoms with Crippen molar-refractivity contribution in [3.8, 4) is 0 Å². The van der Waals surface area contributed by atoms with Crippen LogP contribution in [0.2, 0.25) is 18.4 Å². The van der Waals surface area contributed by atoms with E-state index >= 15 is 0 Å². The Morgan fingerprint density at radius 2 is 1.11 bits per heavy atom. The van der Waals surface area contributed by atoms with Crippen molar-refractivity contribution < 1.29 is 0 Å². The van der Waals surface area contributed by atoms with Gasteiger partial charge in [-0.25, -0.2) is 0 Å². The second-order valence-corrected chi connectivity index (χ2v) is 17.3. The van der Waals surface area contributed by atoms with E-state index in [0.29, 0.717) is 6.98 Å². The molecule has 0 radical (unpaired) electrons. The van der Waals surface area contributed by atoms with Gasteiger partial charge in [0.25, 0.3) is 0 Å². The van der Waals surface area contributed by atoms with Gasteiger partial charge in [0.1, 0.15) is 0 Å². The number of rotatable bonds is 1. The Morgan fingerprint density at radius 1 is 0.714 bits per heavy atom. The Kier molecular flexibility index (Phi) is 5.58. The van der Waals surface area contributed by atoms with Crippen molar-refractivity contribution in [2.45, 2.75) is 118 Å². The molecule has 2 nitrogen and oxygen atoms in total. The lowest BCUT2D eigenvalue weighted by Gasteiger charge is -2.70. The number of anilines is 1. The summed E-state index contributed by atoms with van der Waals surface area (Å²) < 4.78 is 5.73. The summed E-state index contributed by atoms with van der Waals surface area (Å²) in [4.78, 5) is 0. The standard InChI is InChI=1S/C24H45BN2Si/c1-21(2,3)18-16-15-17-19(22(4,5)6)20(18)26-25(23(7,8)9)27(24(10,11)12)28(26,13)14/h15-17H,1-14H3. The highest BCUT2D eigenvalue weighted by molar-refractivity contribution is 7.06. The number of nitrogens with zero attached hydrogens (tertiary/aromatic N) is 2. The molecule has 0 atom stereocenters. The average Bonchev–Trinajstić information content (AvgIpc) is 2.40. The molecule has 1 aromatic rings. The van der Waals surface area contributed by atoms with Gasteiger partial charge in [0.2, 0.25) is 8.40 Å². The quantitative estimate of drug-likeness (QED) is 0.460. The van der Waals surface area contributed by atoms with Crippen molar-refractivity contribution in [3.05, 3.63) is 29.3 Å². The molecule has 158 valence electrons. The third kappa shape index (κ3) is 3.96. The van der Waals surface area contributed by atoms with Crippen LogP contribution in [0.5, 0.6) is 0 Å². The highest BCUT2D eigenvalue weighted by atomic mass is 28.3. The van der Waals surface area contributed by atoms with Crippen molar-refractivity contribution in [2.24, 2.45) is 0 Å². The molecule has 28 heavy (non-hydrogen) atoms. The summed E-state index contributed by atoms with van der Waals surface area (Å²) in [5.74, 6) is 0. The molecule has 0 aliphatic carbocycles. The maximum Gasteiger partial charge on any atom is 0.336 e. The number of hydrogen-bond acceptors (Lipinski definition) is 2. The SMILES string of the molecule is CC(C)(C)B1N(c2c(C(C)(C)C)cccc2C(C)(C)C)[Si](C)(C)N1C(C)(C)C. The van der Waals surface area contributed by atoms with Crippen LogP contribution in [0.4, 0.5) is 5.69 Å². The Balaban J connectivity index is 2.85. The fourth-order valence-electron chi connectivity index (χ4n) is 5.15. The van der Waals surface area contributed by atoms with E-state index in [1.807, 2.05) is 0 Å². The monoisotopic (exact) mass is 400 g/mol. The van der Waals surface area contributed by atoms with E-state index in [0.717, 1.165) is 0 Å². The molecule has 1 aromatic carbocycles. The average molecular weight is 401 g/mol. The first-order valence-electron chi connectivity index (χ1n) is 10.9. The molecular weight excluding hydrogens is 355 g/mol. The Labute approximate surface area is 177 Å². The second kappa shape index (κ2) is 6.63. The fourth-order valence-corrected chi connectivity index (χ4v) is 9.84. The van der Waals surface area contributed by atoms with E-state index in [2.05, 4.69) is 123 Å². The van der Waals surface area contributed by atoms with Crippen LogP contribution < -0.4 is 4.48 Å². The van der Waals surface area contributed by atoms with E-state index in [-0.39, 0.29) is 21.7 Å². The Bertz CT molecular complexity index is 695. The van der Waals surface area contributed by atoms with Gasteiger partial charge in [0.15, 0.2) is 0 Å². The summed E-state index contributed by atoms with van der Waals surface area (Å²) in [6.07, 6.45) is 0. The summed E-state index contributed by atoms with van der Waals surface area (Å²) in [6.45, 7) is 34.0. The summed E-state index contributed by atoms with van der Waals surface area (Å²) in [5.41, 5.74) is 4.89. The van der Waals surface area contributed by atoms with Gasteiger partial charge in [0, 0.05) is 5.69 Å². The van der Waals surface area contributed by atoms with Crippen LogP contribution >= 0.6 is 0 Å². The molecule has 0 bridgehead atoms. The van der Waals surface area contributed by atoms with Gasteiger partial charge in [0.05, 0.1) is 0 Å². The van der Waals surface area contributed by atoms with Crippen molar-refractivity contribution >= 4 is 21.1 Å². The maximum absolute atomic E-state index is 2.87. The highest BCUT2D eigenvalue weighted by Gasteiger charge is 2.65. The van der Waals surface area contributed by atoms with Gasteiger partial charge >= 0.3 is 6.98 Å². The molecule has 0 saturated carbocycles. The van der Waals surface area contributed by atoms with Crippen molar-refractivity contribution in [1.82, 2.24) is 4.48 Å². The molecule has 0 spiro atoms. The van der Waals surface area contributed by atoms with Crippen LogP contribution in [0, 0.1) is 0 Å². The van der Waals surface area contributed by atoms with Gasteiger partial charge in [-0.2, -0.15) is 0 Å². The molecule has 1 aliphatic heterocycles. The highest BCUT2D eigenvalue weighted by Crippen LogP contribution is 2.53. The number of benzene rings is 1. The largest absolute Gasteiger partial charge is 0.417 e. The smallest absolute Gasteiger partial charge is 0.336 e. The number of para-hydroxylation sites is 1. The Morgan fingerprint density at radius 3 is 1.39 bits per heavy atom. The molecule has 0 N–H and O–H groups in total. The van der Waals surface area contributed by atoms with Gasteiger partial charge in [-0.05, 0) is 66.7 Å². The van der Waals surface area contributed by atoms with Crippen molar-refractivity contribution in [2.75, 3.05) is 4.48 Å². The molecule has 4 heteroatoms. The predicted molar refractivity (Wildman–Crippen MR) is 131 cm³/mol. The van der Waals surface area contributed by atoms with Crippen LogP contribution in [0.1, 0.15) is 94.2 Å². The molecule has 1 aliphatic rings. The van der Waals surface area contributed by atoms with E-state index in [4.69, 9.17) is 0 Å². The van der Waals surface area contributed by atoms with E-state index in [1.165, 1.54) is 16.8 Å². The minimum absolute atomic E-state index is 0.117. The van der Waals surface area contributed by atoms with Crippen LogP contribution in [-0.2, 0) is 10.8 Å². The lowest BCUT2D eigenvalue weighted by molar-refractivity contribution is 0.321. The van der Waals surface area contributed by atoms with Crippen molar-refractivity contribution in [3.63, 3.8) is 0 Å². The summed E-state index contributed by atoms with van der Waals surface area (Å²) in [6, 6.07) is 7.01. The summed E-state index contributed by atoms with van der Waals surface area (Å²) in [7, 11) is -1.81. The first kappa shape index (κ1) is 23.5. The van der Waals surface area contributed by atoms with Gasteiger partial charge in [-0.15, -0.1) is 0 Å². The second-order valence-electron chi connectivity index (χ2n) is 13.3. The number of hydrogen-bond donors (Lipinski definition) is 0.